The van der Waals surface area contributed by atoms with Crippen LogP contribution in [0, 0.1) is 0 Å². The number of amides is 1. The van der Waals surface area contributed by atoms with Gasteiger partial charge in [0.2, 0.25) is 0 Å². The minimum atomic E-state index is -0.296. The zero-order valence-electron chi connectivity index (χ0n) is 10.7. The van der Waals surface area contributed by atoms with Crippen LogP contribution in [-0.2, 0) is 11.4 Å². The predicted octanol–water partition coefficient (Wildman–Crippen LogP) is 2.42. The van der Waals surface area contributed by atoms with Crippen LogP contribution >= 0.6 is 0 Å². The van der Waals surface area contributed by atoms with E-state index in [1.54, 1.807) is 12.3 Å². The quantitative estimate of drug-likeness (QED) is 0.713. The molecule has 1 amide bonds. The van der Waals surface area contributed by atoms with Gasteiger partial charge in [0.05, 0.1) is 23.9 Å². The SMILES string of the molecule is O=C(NOCc1ccccc1)c1cccc2cn[nH]c12. The van der Waals surface area contributed by atoms with Gasteiger partial charge < -0.3 is 0 Å². The molecule has 0 radical (unpaired) electrons. The van der Waals surface area contributed by atoms with Gasteiger partial charge in [-0.1, -0.05) is 42.5 Å². The Morgan fingerprint density at radius 3 is 2.85 bits per heavy atom. The standard InChI is InChI=1S/C15H13N3O2/c19-15(18-20-10-11-5-2-1-3-6-11)13-8-4-7-12-9-16-17-14(12)13/h1-9H,10H2,(H,16,17)(H,18,19). The number of nitrogens with zero attached hydrogens (tertiary/aromatic N) is 1. The number of benzene rings is 2. The lowest BCUT2D eigenvalue weighted by Crippen LogP contribution is -2.23. The average Bonchev–Trinajstić information content (AvgIpc) is 2.96. The highest BCUT2D eigenvalue weighted by atomic mass is 16.6. The smallest absolute Gasteiger partial charge is 0.277 e. The van der Waals surface area contributed by atoms with Crippen molar-refractivity contribution in [3.63, 3.8) is 0 Å². The van der Waals surface area contributed by atoms with Crippen LogP contribution in [0.4, 0.5) is 0 Å². The molecule has 5 nitrogen and oxygen atoms in total. The molecule has 0 aliphatic carbocycles. The Labute approximate surface area is 115 Å². The Kier molecular flexibility index (Phi) is 3.43. The Bertz CT molecular complexity index is 722. The lowest BCUT2D eigenvalue weighted by atomic mass is 10.1. The van der Waals surface area contributed by atoms with Crippen molar-refractivity contribution < 1.29 is 9.63 Å². The van der Waals surface area contributed by atoms with E-state index < -0.39 is 0 Å². The van der Waals surface area contributed by atoms with Crippen molar-refractivity contribution in [2.75, 3.05) is 0 Å². The van der Waals surface area contributed by atoms with Gasteiger partial charge in [0.1, 0.15) is 0 Å². The minimum Gasteiger partial charge on any atom is -0.277 e. The molecule has 0 atom stereocenters. The van der Waals surface area contributed by atoms with Crippen molar-refractivity contribution in [3.05, 3.63) is 65.9 Å². The number of fused-ring (bicyclic) bond motifs is 1. The van der Waals surface area contributed by atoms with E-state index in [2.05, 4.69) is 15.7 Å². The number of aromatic amines is 1. The summed E-state index contributed by atoms with van der Waals surface area (Å²) in [6, 6.07) is 15.1. The highest BCUT2D eigenvalue weighted by Gasteiger charge is 2.11. The van der Waals surface area contributed by atoms with Crippen LogP contribution in [0.3, 0.4) is 0 Å². The highest BCUT2D eigenvalue weighted by Crippen LogP contribution is 2.15. The number of carbonyl (C=O) groups is 1. The molecule has 0 bridgehead atoms. The minimum absolute atomic E-state index is 0.296. The third kappa shape index (κ3) is 2.53. The molecule has 3 rings (SSSR count). The molecule has 2 N–H and O–H groups in total. The normalized spacial score (nSPS) is 10.6. The lowest BCUT2D eigenvalue weighted by Gasteiger charge is -2.06. The van der Waals surface area contributed by atoms with Crippen molar-refractivity contribution in [2.24, 2.45) is 0 Å². The molecule has 0 spiro atoms. The van der Waals surface area contributed by atoms with Gasteiger partial charge in [-0.15, -0.1) is 0 Å². The summed E-state index contributed by atoms with van der Waals surface area (Å²) in [6.45, 7) is 0.325. The molecule has 3 aromatic rings. The van der Waals surface area contributed by atoms with E-state index in [1.165, 1.54) is 0 Å². The molecular weight excluding hydrogens is 254 g/mol. The fourth-order valence-corrected chi connectivity index (χ4v) is 1.97. The Morgan fingerprint density at radius 2 is 2.00 bits per heavy atom. The van der Waals surface area contributed by atoms with Crippen molar-refractivity contribution in [1.82, 2.24) is 15.7 Å². The van der Waals surface area contributed by atoms with Crippen molar-refractivity contribution in [1.29, 1.82) is 0 Å². The van der Waals surface area contributed by atoms with Crippen molar-refractivity contribution in [2.45, 2.75) is 6.61 Å². The fourth-order valence-electron chi connectivity index (χ4n) is 1.97. The molecule has 0 saturated heterocycles. The summed E-state index contributed by atoms with van der Waals surface area (Å²) in [4.78, 5) is 17.3. The highest BCUT2D eigenvalue weighted by molar-refractivity contribution is 6.04. The molecule has 20 heavy (non-hydrogen) atoms. The van der Waals surface area contributed by atoms with Gasteiger partial charge in [-0.25, -0.2) is 5.48 Å². The van der Waals surface area contributed by atoms with Gasteiger partial charge >= 0.3 is 0 Å². The molecule has 0 aliphatic heterocycles. The molecule has 100 valence electrons. The van der Waals surface area contributed by atoms with E-state index in [1.807, 2.05) is 42.5 Å². The van der Waals surface area contributed by atoms with Gasteiger partial charge in [-0.05, 0) is 11.6 Å². The maximum Gasteiger partial charge on any atom is 0.277 e. The molecular formula is C15H13N3O2. The molecule has 2 aromatic carbocycles. The first kappa shape index (κ1) is 12.4. The number of aromatic nitrogens is 2. The van der Waals surface area contributed by atoms with Gasteiger partial charge in [0, 0.05) is 5.39 Å². The van der Waals surface area contributed by atoms with E-state index in [0.717, 1.165) is 10.9 Å². The first-order valence-electron chi connectivity index (χ1n) is 6.23. The number of H-pyrrole nitrogens is 1. The van der Waals surface area contributed by atoms with Gasteiger partial charge in [-0.2, -0.15) is 5.10 Å². The molecule has 1 heterocycles. The second-order valence-electron chi connectivity index (χ2n) is 4.35. The van der Waals surface area contributed by atoms with E-state index in [9.17, 15) is 4.79 Å². The van der Waals surface area contributed by atoms with Crippen LogP contribution < -0.4 is 5.48 Å². The topological polar surface area (TPSA) is 67.0 Å². The molecule has 0 aliphatic rings. The Balaban J connectivity index is 1.66. The van der Waals surface area contributed by atoms with E-state index in [0.29, 0.717) is 17.7 Å². The summed E-state index contributed by atoms with van der Waals surface area (Å²) < 4.78 is 0. The monoisotopic (exact) mass is 267 g/mol. The largest absolute Gasteiger partial charge is 0.277 e. The van der Waals surface area contributed by atoms with Crippen LogP contribution in [0.1, 0.15) is 15.9 Å². The molecule has 0 saturated carbocycles. The van der Waals surface area contributed by atoms with Gasteiger partial charge in [0.25, 0.3) is 5.91 Å². The number of hydroxylamine groups is 1. The van der Waals surface area contributed by atoms with Crippen LogP contribution in [0.2, 0.25) is 0 Å². The van der Waals surface area contributed by atoms with Gasteiger partial charge in [0.15, 0.2) is 0 Å². The van der Waals surface area contributed by atoms with E-state index in [4.69, 9.17) is 4.84 Å². The first-order chi connectivity index (χ1) is 9.84. The maximum atomic E-state index is 12.1. The molecule has 0 fully saturated rings. The van der Waals surface area contributed by atoms with E-state index >= 15 is 0 Å². The van der Waals surface area contributed by atoms with Crippen LogP contribution in [0.15, 0.2) is 54.7 Å². The third-order valence-corrected chi connectivity index (χ3v) is 2.97. The lowest BCUT2D eigenvalue weighted by molar-refractivity contribution is 0.0235. The summed E-state index contributed by atoms with van der Waals surface area (Å²) in [5.74, 6) is -0.296. The second-order valence-corrected chi connectivity index (χ2v) is 4.35. The van der Waals surface area contributed by atoms with Crippen LogP contribution in [0.5, 0.6) is 0 Å². The van der Waals surface area contributed by atoms with Crippen LogP contribution in [-0.4, -0.2) is 16.1 Å². The van der Waals surface area contributed by atoms with Crippen molar-refractivity contribution >= 4 is 16.8 Å². The number of hydrogen-bond donors (Lipinski definition) is 2. The maximum absolute atomic E-state index is 12.1. The zero-order chi connectivity index (χ0) is 13.8. The molecule has 0 unspecified atom stereocenters. The summed E-state index contributed by atoms with van der Waals surface area (Å²) in [5, 5.41) is 7.63. The second kappa shape index (κ2) is 5.54. The predicted molar refractivity (Wildman–Crippen MR) is 74.8 cm³/mol. The first-order valence-corrected chi connectivity index (χ1v) is 6.23. The summed E-state index contributed by atoms with van der Waals surface area (Å²) in [6.07, 6.45) is 1.68. The molecule has 5 heteroatoms. The number of hydrogen-bond acceptors (Lipinski definition) is 3. The number of nitrogens with one attached hydrogen (secondary N) is 2. The summed E-state index contributed by atoms with van der Waals surface area (Å²) in [5.41, 5.74) is 4.65. The summed E-state index contributed by atoms with van der Waals surface area (Å²) in [7, 11) is 0. The Hall–Kier alpha value is -2.66. The van der Waals surface area contributed by atoms with E-state index in [-0.39, 0.29) is 5.91 Å². The molecule has 1 aromatic heterocycles. The summed E-state index contributed by atoms with van der Waals surface area (Å²) >= 11 is 0. The Morgan fingerprint density at radius 1 is 1.15 bits per heavy atom. The number of carbonyl (C=O) groups excluding carboxylic acids is 1. The zero-order valence-corrected chi connectivity index (χ0v) is 10.7. The average molecular weight is 267 g/mol. The fraction of sp³-hybridized carbons (Fsp3) is 0.0667. The number of rotatable bonds is 4. The third-order valence-electron chi connectivity index (χ3n) is 2.97. The van der Waals surface area contributed by atoms with Crippen molar-refractivity contribution in [3.8, 4) is 0 Å². The van der Waals surface area contributed by atoms with Gasteiger partial charge in [-0.3, -0.25) is 14.7 Å². The van der Waals surface area contributed by atoms with Crippen LogP contribution in [0.25, 0.3) is 10.9 Å². The number of para-hydroxylation sites is 1.